The smallest absolute Gasteiger partial charge is 0.326 e. The van der Waals surface area contributed by atoms with Crippen molar-refractivity contribution in [1.29, 1.82) is 0 Å². The van der Waals surface area contributed by atoms with Crippen molar-refractivity contribution in [3.8, 4) is 0 Å². The topological polar surface area (TPSA) is 78.8 Å². The summed E-state index contributed by atoms with van der Waals surface area (Å²) in [4.78, 5) is 24.4. The molecule has 1 atom stereocenters. The minimum Gasteiger partial charge on any atom is -0.480 e. The van der Waals surface area contributed by atoms with Crippen LogP contribution in [0.1, 0.15) is 12.0 Å². The van der Waals surface area contributed by atoms with E-state index in [9.17, 15) is 9.90 Å². The molecule has 0 bridgehead atoms. The first-order valence-electron chi connectivity index (χ1n) is 7.22. The molecule has 0 spiro atoms. The predicted octanol–water partition coefficient (Wildman–Crippen LogP) is 0.151. The van der Waals surface area contributed by atoms with E-state index < -0.39 is 11.5 Å². The Bertz CT molecular complexity index is 505. The molecule has 2 saturated heterocycles. The van der Waals surface area contributed by atoms with Gasteiger partial charge in [-0.3, -0.25) is 9.69 Å². The van der Waals surface area contributed by atoms with E-state index in [1.165, 1.54) is 0 Å². The van der Waals surface area contributed by atoms with Crippen molar-refractivity contribution in [1.82, 2.24) is 14.9 Å². The van der Waals surface area contributed by atoms with E-state index in [0.717, 1.165) is 18.7 Å². The molecule has 1 aromatic heterocycles. The number of hydrogen-bond acceptors (Lipinski definition) is 6. The molecule has 0 amide bonds. The number of ether oxygens (including phenoxy) is 1. The molecule has 1 N–H and O–H groups in total. The molecule has 114 valence electrons. The average molecular weight is 292 g/mol. The van der Waals surface area contributed by atoms with Crippen LogP contribution in [-0.4, -0.2) is 70.9 Å². The first-order valence-corrected chi connectivity index (χ1v) is 7.22. The summed E-state index contributed by atoms with van der Waals surface area (Å²) in [6.07, 6.45) is 4.17. The number of nitrogens with zero attached hydrogens (tertiary/aromatic N) is 4. The second-order valence-electron chi connectivity index (χ2n) is 5.67. The lowest BCUT2D eigenvalue weighted by molar-refractivity contribution is -0.152. The van der Waals surface area contributed by atoms with Gasteiger partial charge in [0.15, 0.2) is 0 Å². The number of carboxylic acid groups (broad SMARTS) is 1. The molecule has 3 heterocycles. The molecule has 7 heteroatoms. The first kappa shape index (κ1) is 14.2. The molecule has 0 saturated carbocycles. The zero-order chi connectivity index (χ0) is 14.9. The predicted molar refractivity (Wildman–Crippen MR) is 76.4 cm³/mol. The Hall–Kier alpha value is -1.73. The second-order valence-corrected chi connectivity index (χ2v) is 5.67. The van der Waals surface area contributed by atoms with Crippen LogP contribution in [0.15, 0.2) is 12.4 Å². The Morgan fingerprint density at radius 3 is 2.48 bits per heavy atom. The van der Waals surface area contributed by atoms with E-state index in [1.54, 1.807) is 12.4 Å². The number of anilines is 1. The van der Waals surface area contributed by atoms with Crippen LogP contribution in [0.25, 0.3) is 0 Å². The minimum absolute atomic E-state index is 0.281. The highest BCUT2D eigenvalue weighted by atomic mass is 16.5. The lowest BCUT2D eigenvalue weighted by Crippen LogP contribution is -2.61. The molecule has 21 heavy (non-hydrogen) atoms. The van der Waals surface area contributed by atoms with Crippen molar-refractivity contribution in [2.24, 2.45) is 0 Å². The molecule has 3 rings (SSSR count). The van der Waals surface area contributed by atoms with Gasteiger partial charge in [0.1, 0.15) is 5.54 Å². The van der Waals surface area contributed by atoms with Crippen LogP contribution in [0.3, 0.4) is 0 Å². The summed E-state index contributed by atoms with van der Waals surface area (Å²) in [6, 6.07) is 0. The summed E-state index contributed by atoms with van der Waals surface area (Å²) in [6.45, 7) is 5.60. The summed E-state index contributed by atoms with van der Waals surface area (Å²) < 4.78 is 5.34. The number of carboxylic acids is 1. The van der Waals surface area contributed by atoms with Crippen molar-refractivity contribution < 1.29 is 14.6 Å². The number of aromatic nitrogens is 2. The van der Waals surface area contributed by atoms with Gasteiger partial charge < -0.3 is 14.7 Å². The molecule has 2 fully saturated rings. The summed E-state index contributed by atoms with van der Waals surface area (Å²) in [5, 5.41) is 9.57. The van der Waals surface area contributed by atoms with E-state index in [4.69, 9.17) is 4.74 Å². The van der Waals surface area contributed by atoms with Crippen molar-refractivity contribution in [2.45, 2.75) is 18.9 Å². The van der Waals surface area contributed by atoms with Crippen molar-refractivity contribution in [3.63, 3.8) is 0 Å². The zero-order valence-corrected chi connectivity index (χ0v) is 12.2. The van der Waals surface area contributed by atoms with Gasteiger partial charge in [0.25, 0.3) is 0 Å². The lowest BCUT2D eigenvalue weighted by atomic mass is 9.95. The fraction of sp³-hybridized carbons (Fsp3) is 0.643. The quantitative estimate of drug-likeness (QED) is 0.849. The number of hydrogen-bond donors (Lipinski definition) is 1. The monoisotopic (exact) mass is 292 g/mol. The fourth-order valence-corrected chi connectivity index (χ4v) is 2.99. The molecule has 0 aromatic carbocycles. The molecular formula is C14H20N4O3. The molecule has 7 nitrogen and oxygen atoms in total. The van der Waals surface area contributed by atoms with Gasteiger partial charge in [-0.15, -0.1) is 0 Å². The highest BCUT2D eigenvalue weighted by molar-refractivity contribution is 5.79. The third-order valence-corrected chi connectivity index (χ3v) is 4.33. The van der Waals surface area contributed by atoms with Crippen LogP contribution >= 0.6 is 0 Å². The van der Waals surface area contributed by atoms with E-state index in [-0.39, 0.29) is 6.61 Å². The van der Waals surface area contributed by atoms with Gasteiger partial charge in [0, 0.05) is 51.6 Å². The SMILES string of the molecule is Cc1cnc(N2CCN(C3(C(=O)O)CCOC3)CC2)nc1. The van der Waals surface area contributed by atoms with E-state index in [2.05, 4.69) is 14.9 Å². The summed E-state index contributed by atoms with van der Waals surface area (Å²) in [7, 11) is 0. The van der Waals surface area contributed by atoms with Crippen molar-refractivity contribution in [2.75, 3.05) is 44.3 Å². The Labute approximate surface area is 123 Å². The van der Waals surface area contributed by atoms with E-state index in [0.29, 0.717) is 32.1 Å². The molecule has 2 aliphatic rings. The summed E-state index contributed by atoms with van der Waals surface area (Å²) >= 11 is 0. The maximum Gasteiger partial charge on any atom is 0.326 e. The molecule has 2 aliphatic heterocycles. The van der Waals surface area contributed by atoms with Crippen LogP contribution in [0.5, 0.6) is 0 Å². The summed E-state index contributed by atoms with van der Waals surface area (Å²) in [5.74, 6) is -0.0627. The number of rotatable bonds is 3. The number of carbonyl (C=O) groups is 1. The van der Waals surface area contributed by atoms with Crippen molar-refractivity contribution >= 4 is 11.9 Å². The second kappa shape index (κ2) is 5.57. The van der Waals surface area contributed by atoms with Gasteiger partial charge in [-0.25, -0.2) is 9.97 Å². The molecule has 1 aromatic rings. The lowest BCUT2D eigenvalue weighted by Gasteiger charge is -2.42. The largest absolute Gasteiger partial charge is 0.480 e. The number of aliphatic carboxylic acids is 1. The standard InChI is InChI=1S/C14H20N4O3/c1-11-8-15-13(16-9-11)17-3-5-18(6-4-17)14(12(19)20)2-7-21-10-14/h8-9H,2-7,10H2,1H3,(H,19,20). The Kier molecular flexibility index (Phi) is 3.77. The number of piperazine rings is 1. The van der Waals surface area contributed by atoms with Gasteiger partial charge in [0.05, 0.1) is 6.61 Å². The van der Waals surface area contributed by atoms with Gasteiger partial charge in [-0.2, -0.15) is 0 Å². The van der Waals surface area contributed by atoms with E-state index >= 15 is 0 Å². The van der Waals surface area contributed by atoms with Gasteiger partial charge in [-0.05, 0) is 12.5 Å². The Morgan fingerprint density at radius 1 is 1.29 bits per heavy atom. The normalized spacial score (nSPS) is 27.0. The molecule has 1 unspecified atom stereocenters. The van der Waals surface area contributed by atoms with Crippen LogP contribution < -0.4 is 4.90 Å². The van der Waals surface area contributed by atoms with Crippen molar-refractivity contribution in [3.05, 3.63) is 18.0 Å². The van der Waals surface area contributed by atoms with Gasteiger partial charge in [-0.1, -0.05) is 0 Å². The minimum atomic E-state index is -0.847. The summed E-state index contributed by atoms with van der Waals surface area (Å²) in [5.41, 5.74) is 0.186. The maximum absolute atomic E-state index is 11.7. The van der Waals surface area contributed by atoms with Crippen LogP contribution in [0.4, 0.5) is 5.95 Å². The van der Waals surface area contributed by atoms with E-state index in [1.807, 2.05) is 11.8 Å². The molecule has 0 aliphatic carbocycles. The third-order valence-electron chi connectivity index (χ3n) is 4.33. The van der Waals surface area contributed by atoms with Crippen LogP contribution in [0.2, 0.25) is 0 Å². The van der Waals surface area contributed by atoms with Gasteiger partial charge >= 0.3 is 5.97 Å². The maximum atomic E-state index is 11.7. The fourth-order valence-electron chi connectivity index (χ4n) is 2.99. The third kappa shape index (κ3) is 2.58. The first-order chi connectivity index (χ1) is 10.1. The zero-order valence-electron chi connectivity index (χ0n) is 12.2. The number of aryl methyl sites for hydroxylation is 1. The Morgan fingerprint density at radius 2 is 1.95 bits per heavy atom. The molecular weight excluding hydrogens is 272 g/mol. The highest BCUT2D eigenvalue weighted by Crippen LogP contribution is 2.28. The van der Waals surface area contributed by atoms with Gasteiger partial charge in [0.2, 0.25) is 5.95 Å². The van der Waals surface area contributed by atoms with Crippen LogP contribution in [0, 0.1) is 6.92 Å². The van der Waals surface area contributed by atoms with Crippen LogP contribution in [-0.2, 0) is 9.53 Å². The molecule has 0 radical (unpaired) electrons. The highest BCUT2D eigenvalue weighted by Gasteiger charge is 2.48. The Balaban J connectivity index is 1.67. The average Bonchev–Trinajstić information content (AvgIpc) is 2.99.